The number of rotatable bonds is 4. The van der Waals surface area contributed by atoms with Gasteiger partial charge in [0.05, 0.1) is 0 Å². The Kier molecular flexibility index (Phi) is 6.25. The molecule has 1 aliphatic rings. The molecule has 0 amide bonds. The molecular weight excluding hydrogens is 311 g/mol. The number of benzene rings is 2. The highest BCUT2D eigenvalue weighted by Crippen LogP contribution is 2.31. The monoisotopic (exact) mass is 336 g/mol. The summed E-state index contributed by atoms with van der Waals surface area (Å²) in [7, 11) is 0. The number of halogens is 1. The second-order valence-electron chi connectivity index (χ2n) is 6.94. The SMILES string of the molecule is OCCC[C@H]1CC[C@H](C#Cc2ccc(-c3ccc(F)cc3)cc2)CC1. The van der Waals surface area contributed by atoms with E-state index in [2.05, 4.69) is 11.8 Å². The molecule has 0 heterocycles. The zero-order chi connectivity index (χ0) is 17.5. The highest BCUT2D eigenvalue weighted by atomic mass is 19.1. The summed E-state index contributed by atoms with van der Waals surface area (Å²) in [5, 5.41) is 8.92. The van der Waals surface area contributed by atoms with Gasteiger partial charge in [-0.1, -0.05) is 36.1 Å². The zero-order valence-corrected chi connectivity index (χ0v) is 14.5. The molecule has 0 aromatic heterocycles. The van der Waals surface area contributed by atoms with E-state index >= 15 is 0 Å². The van der Waals surface area contributed by atoms with E-state index in [-0.39, 0.29) is 5.82 Å². The first-order valence-electron chi connectivity index (χ1n) is 9.23. The predicted molar refractivity (Wildman–Crippen MR) is 100 cm³/mol. The van der Waals surface area contributed by atoms with Gasteiger partial charge in [-0.2, -0.15) is 0 Å². The van der Waals surface area contributed by atoms with Crippen LogP contribution in [0.5, 0.6) is 0 Å². The van der Waals surface area contributed by atoms with Crippen molar-refractivity contribution < 1.29 is 9.50 Å². The van der Waals surface area contributed by atoms with Crippen molar-refractivity contribution in [3.63, 3.8) is 0 Å². The highest BCUT2D eigenvalue weighted by Gasteiger charge is 2.19. The quantitative estimate of drug-likeness (QED) is 0.739. The Balaban J connectivity index is 1.56. The van der Waals surface area contributed by atoms with Crippen molar-refractivity contribution in [1.82, 2.24) is 0 Å². The van der Waals surface area contributed by atoms with Crippen molar-refractivity contribution in [1.29, 1.82) is 0 Å². The largest absolute Gasteiger partial charge is 0.396 e. The Bertz CT molecular complexity index is 713. The molecule has 0 saturated heterocycles. The van der Waals surface area contributed by atoms with Crippen LogP contribution in [0.2, 0.25) is 0 Å². The van der Waals surface area contributed by atoms with E-state index in [0.29, 0.717) is 12.5 Å². The summed E-state index contributed by atoms with van der Waals surface area (Å²) in [5.41, 5.74) is 3.13. The molecule has 0 spiro atoms. The van der Waals surface area contributed by atoms with Gasteiger partial charge in [0, 0.05) is 18.1 Å². The first-order valence-corrected chi connectivity index (χ1v) is 9.23. The van der Waals surface area contributed by atoms with Crippen LogP contribution in [0.1, 0.15) is 44.1 Å². The third-order valence-corrected chi connectivity index (χ3v) is 5.10. The van der Waals surface area contributed by atoms with E-state index in [0.717, 1.165) is 35.4 Å². The highest BCUT2D eigenvalue weighted by molar-refractivity contribution is 5.64. The standard InChI is InChI=1S/C23H25FO/c24-23-15-13-22(14-16-23)21-11-9-20(10-12-21)8-7-19-5-3-18(4-6-19)2-1-17-25/h9-16,18-19,25H,1-6,17H2/t18-,19-. The van der Waals surface area contributed by atoms with Crippen LogP contribution < -0.4 is 0 Å². The summed E-state index contributed by atoms with van der Waals surface area (Å²) in [6.45, 7) is 0.313. The van der Waals surface area contributed by atoms with E-state index in [1.165, 1.54) is 37.8 Å². The van der Waals surface area contributed by atoms with Crippen LogP contribution in [0.15, 0.2) is 48.5 Å². The van der Waals surface area contributed by atoms with E-state index in [4.69, 9.17) is 5.11 Å². The summed E-state index contributed by atoms with van der Waals surface area (Å²) in [4.78, 5) is 0. The smallest absolute Gasteiger partial charge is 0.123 e. The van der Waals surface area contributed by atoms with Gasteiger partial charge in [-0.3, -0.25) is 0 Å². The average molecular weight is 336 g/mol. The molecule has 3 rings (SSSR count). The van der Waals surface area contributed by atoms with Crippen LogP contribution in [0.3, 0.4) is 0 Å². The molecule has 1 N–H and O–H groups in total. The minimum Gasteiger partial charge on any atom is -0.396 e. The summed E-state index contributed by atoms with van der Waals surface area (Å²) in [6, 6.07) is 14.7. The van der Waals surface area contributed by atoms with Gasteiger partial charge in [-0.25, -0.2) is 4.39 Å². The first kappa shape index (κ1) is 17.7. The Hall–Kier alpha value is -2.11. The molecule has 2 aromatic carbocycles. The molecule has 1 nitrogen and oxygen atoms in total. The predicted octanol–water partition coefficient (Wildman–Crippen LogP) is 5.42. The molecule has 2 aromatic rings. The molecular formula is C23H25FO. The molecule has 0 aliphatic heterocycles. The van der Waals surface area contributed by atoms with Gasteiger partial charge in [-0.15, -0.1) is 0 Å². The number of aliphatic hydroxyl groups is 1. The van der Waals surface area contributed by atoms with Crippen molar-refractivity contribution in [2.24, 2.45) is 11.8 Å². The summed E-state index contributed by atoms with van der Waals surface area (Å²) >= 11 is 0. The summed E-state index contributed by atoms with van der Waals surface area (Å²) in [5.74, 6) is 7.81. The molecule has 0 unspecified atom stereocenters. The molecule has 1 saturated carbocycles. The van der Waals surface area contributed by atoms with Gasteiger partial charge in [0.2, 0.25) is 0 Å². The summed E-state index contributed by atoms with van der Waals surface area (Å²) < 4.78 is 13.0. The second-order valence-corrected chi connectivity index (χ2v) is 6.94. The van der Waals surface area contributed by atoms with Crippen molar-refractivity contribution >= 4 is 0 Å². The molecule has 0 radical (unpaired) electrons. The topological polar surface area (TPSA) is 20.2 Å². The summed E-state index contributed by atoms with van der Waals surface area (Å²) in [6.07, 6.45) is 6.92. The lowest BCUT2D eigenvalue weighted by molar-refractivity contribution is 0.243. The molecule has 0 bridgehead atoms. The van der Waals surface area contributed by atoms with Crippen LogP contribution in [-0.2, 0) is 0 Å². The van der Waals surface area contributed by atoms with Crippen molar-refractivity contribution in [2.75, 3.05) is 6.61 Å². The normalized spacial score (nSPS) is 19.9. The lowest BCUT2D eigenvalue weighted by Gasteiger charge is -2.25. The van der Waals surface area contributed by atoms with E-state index < -0.39 is 0 Å². The van der Waals surface area contributed by atoms with Gasteiger partial charge in [0.25, 0.3) is 0 Å². The molecule has 25 heavy (non-hydrogen) atoms. The molecule has 130 valence electrons. The van der Waals surface area contributed by atoms with Crippen LogP contribution in [-0.4, -0.2) is 11.7 Å². The minimum absolute atomic E-state index is 0.211. The average Bonchev–Trinajstić information content (AvgIpc) is 2.67. The maximum Gasteiger partial charge on any atom is 0.123 e. The van der Waals surface area contributed by atoms with Crippen molar-refractivity contribution in [3.8, 4) is 23.0 Å². The van der Waals surface area contributed by atoms with Gasteiger partial charge < -0.3 is 5.11 Å². The Morgan fingerprint density at radius 1 is 0.880 bits per heavy atom. The van der Waals surface area contributed by atoms with Crippen molar-refractivity contribution in [3.05, 3.63) is 59.9 Å². The number of hydrogen-bond acceptors (Lipinski definition) is 1. The third-order valence-electron chi connectivity index (χ3n) is 5.10. The fraction of sp³-hybridized carbons (Fsp3) is 0.391. The Labute approximate surface area is 149 Å². The maximum absolute atomic E-state index is 13.0. The fourth-order valence-corrected chi connectivity index (χ4v) is 3.55. The first-order chi connectivity index (χ1) is 12.2. The van der Waals surface area contributed by atoms with Crippen LogP contribution >= 0.6 is 0 Å². The van der Waals surface area contributed by atoms with Crippen LogP contribution in [0, 0.1) is 29.5 Å². The number of hydrogen-bond donors (Lipinski definition) is 1. The minimum atomic E-state index is -0.211. The molecule has 1 aliphatic carbocycles. The van der Waals surface area contributed by atoms with Gasteiger partial charge in [0.1, 0.15) is 5.82 Å². The van der Waals surface area contributed by atoms with E-state index in [1.54, 1.807) is 12.1 Å². The zero-order valence-electron chi connectivity index (χ0n) is 14.5. The van der Waals surface area contributed by atoms with Gasteiger partial charge in [0.15, 0.2) is 0 Å². The fourth-order valence-electron chi connectivity index (χ4n) is 3.55. The number of aliphatic hydroxyl groups excluding tert-OH is 1. The van der Waals surface area contributed by atoms with Gasteiger partial charge in [-0.05, 0) is 79.8 Å². The lowest BCUT2D eigenvalue weighted by Crippen LogP contribution is -2.13. The molecule has 0 atom stereocenters. The lowest BCUT2D eigenvalue weighted by atomic mass is 9.80. The third kappa shape index (κ3) is 5.18. The second kappa shape index (κ2) is 8.83. The van der Waals surface area contributed by atoms with E-state index in [9.17, 15) is 4.39 Å². The van der Waals surface area contributed by atoms with Gasteiger partial charge >= 0.3 is 0 Å². The van der Waals surface area contributed by atoms with Crippen molar-refractivity contribution in [2.45, 2.75) is 38.5 Å². The molecule has 2 heteroatoms. The van der Waals surface area contributed by atoms with Crippen LogP contribution in [0.4, 0.5) is 4.39 Å². The maximum atomic E-state index is 13.0. The van der Waals surface area contributed by atoms with Crippen LogP contribution in [0.25, 0.3) is 11.1 Å². The Morgan fingerprint density at radius 2 is 1.48 bits per heavy atom. The molecule has 1 fully saturated rings. The van der Waals surface area contributed by atoms with E-state index in [1.807, 2.05) is 24.3 Å². The Morgan fingerprint density at radius 3 is 2.08 bits per heavy atom.